The quantitative estimate of drug-likeness (QED) is 0.566. The maximum Gasteiger partial charge on any atom is 0.273 e. The summed E-state index contributed by atoms with van der Waals surface area (Å²) in [6, 6.07) is 2.11. The van der Waals surface area contributed by atoms with Crippen molar-refractivity contribution in [3.63, 3.8) is 0 Å². The van der Waals surface area contributed by atoms with Gasteiger partial charge in [0.25, 0.3) is 5.91 Å². The zero-order valence-electron chi connectivity index (χ0n) is 19.3. The molecule has 8 heteroatoms. The number of rotatable bonds is 7. The third-order valence-corrected chi connectivity index (χ3v) is 5.45. The van der Waals surface area contributed by atoms with Crippen molar-refractivity contribution in [1.29, 1.82) is 0 Å². The van der Waals surface area contributed by atoms with Gasteiger partial charge in [-0.25, -0.2) is 10.1 Å². The van der Waals surface area contributed by atoms with E-state index in [1.54, 1.807) is 11.3 Å². The molecule has 1 saturated heterocycles. The Morgan fingerprint density at radius 3 is 2.57 bits per heavy atom. The first-order valence-electron chi connectivity index (χ1n) is 10.9. The largest absolute Gasteiger partial charge is 0.387 e. The van der Waals surface area contributed by atoms with Crippen molar-refractivity contribution in [2.45, 2.75) is 60.0 Å². The number of hydrogen-bond acceptors (Lipinski definition) is 7. The van der Waals surface area contributed by atoms with Crippen molar-refractivity contribution in [3.8, 4) is 0 Å². The lowest BCUT2D eigenvalue weighted by Crippen LogP contribution is -2.42. The number of hydroxylamine groups is 2. The molecule has 5 N–H and O–H groups in total. The Balaban J connectivity index is 0.00000106. The van der Waals surface area contributed by atoms with Crippen molar-refractivity contribution < 1.29 is 9.63 Å². The van der Waals surface area contributed by atoms with E-state index in [0.717, 1.165) is 36.5 Å². The molecule has 1 fully saturated rings. The highest BCUT2D eigenvalue weighted by Crippen LogP contribution is 2.36. The van der Waals surface area contributed by atoms with Crippen LogP contribution in [0.25, 0.3) is 6.08 Å². The standard InChI is InChI=1S/C19H28N4O2S.C2H6.CH5N/c1-4-5-23(25-12(2)3)19(24)14-7-17-16(22-18(20)8-14)9-15(26-17)6-13-10-21-11-13;2*1-2/h7,9,12-13,21H,4-6,8,10-11H2,1-3H3,(H2,20,22);1-2H3;2H2,1H3. The summed E-state index contributed by atoms with van der Waals surface area (Å²) in [7, 11) is 1.50. The Labute approximate surface area is 185 Å². The van der Waals surface area contributed by atoms with Gasteiger partial charge in [-0.1, -0.05) is 20.8 Å². The molecule has 0 spiro atoms. The average Bonchev–Trinajstić information content (AvgIpc) is 2.99. The van der Waals surface area contributed by atoms with E-state index in [9.17, 15) is 4.79 Å². The summed E-state index contributed by atoms with van der Waals surface area (Å²) < 4.78 is 0. The topological polar surface area (TPSA) is 106 Å². The monoisotopic (exact) mass is 437 g/mol. The molecule has 0 radical (unpaired) electrons. The zero-order chi connectivity index (χ0) is 22.7. The molecule has 1 aromatic heterocycles. The Kier molecular flexibility index (Phi) is 11.9. The van der Waals surface area contributed by atoms with E-state index in [2.05, 4.69) is 22.1 Å². The van der Waals surface area contributed by atoms with E-state index >= 15 is 0 Å². The van der Waals surface area contributed by atoms with Crippen LogP contribution >= 0.6 is 11.3 Å². The summed E-state index contributed by atoms with van der Waals surface area (Å²) >= 11 is 1.71. The first kappa shape index (κ1) is 26.3. The van der Waals surface area contributed by atoms with Crippen molar-refractivity contribution in [2.75, 3.05) is 26.7 Å². The molecule has 1 aromatic rings. The summed E-state index contributed by atoms with van der Waals surface area (Å²) in [6.07, 6.45) is 4.13. The lowest BCUT2D eigenvalue weighted by molar-refractivity contribution is -0.196. The fraction of sp³-hybridized carbons (Fsp3) is 0.636. The number of nitrogens with two attached hydrogens (primary N) is 2. The van der Waals surface area contributed by atoms with Crippen molar-refractivity contribution in [3.05, 3.63) is 21.4 Å². The molecular weight excluding hydrogens is 398 g/mol. The van der Waals surface area contributed by atoms with Gasteiger partial charge in [0.05, 0.1) is 16.7 Å². The number of amides is 1. The Bertz CT molecular complexity index is 723. The maximum absolute atomic E-state index is 13.0. The lowest BCUT2D eigenvalue weighted by atomic mass is 9.98. The predicted octanol–water partition coefficient (Wildman–Crippen LogP) is 3.47. The van der Waals surface area contributed by atoms with Gasteiger partial charge in [0, 0.05) is 23.4 Å². The number of thiophene rings is 1. The summed E-state index contributed by atoms with van der Waals surface area (Å²) in [5, 5.41) is 4.76. The van der Waals surface area contributed by atoms with Crippen LogP contribution in [0.1, 0.15) is 57.2 Å². The summed E-state index contributed by atoms with van der Waals surface area (Å²) in [4.78, 5) is 25.5. The predicted molar refractivity (Wildman–Crippen MR) is 128 cm³/mol. The fourth-order valence-electron chi connectivity index (χ4n) is 3.07. The van der Waals surface area contributed by atoms with Gasteiger partial charge in [-0.05, 0) is 64.9 Å². The second-order valence-corrected chi connectivity index (χ2v) is 8.37. The molecule has 3 rings (SSSR count). The van der Waals surface area contributed by atoms with Gasteiger partial charge >= 0.3 is 0 Å². The Hall–Kier alpha value is -1.74. The smallest absolute Gasteiger partial charge is 0.273 e. The highest BCUT2D eigenvalue weighted by atomic mass is 32.1. The highest BCUT2D eigenvalue weighted by Gasteiger charge is 2.24. The van der Waals surface area contributed by atoms with Gasteiger partial charge < -0.3 is 16.8 Å². The Morgan fingerprint density at radius 1 is 1.37 bits per heavy atom. The number of hydrogen-bond donors (Lipinski definition) is 3. The molecule has 0 bridgehead atoms. The molecule has 30 heavy (non-hydrogen) atoms. The SMILES string of the molecule is CC.CCCN(OC(C)C)C(=O)C1=Cc2sc(CC3CNC3)cc2N=C(N)C1.CN. The van der Waals surface area contributed by atoms with Crippen LogP contribution in [-0.2, 0) is 16.1 Å². The van der Waals surface area contributed by atoms with Gasteiger partial charge in [-0.15, -0.1) is 11.3 Å². The molecule has 2 aliphatic heterocycles. The second-order valence-electron chi connectivity index (χ2n) is 7.20. The third kappa shape index (κ3) is 7.50. The molecular formula is C22H39N5O2S. The first-order chi connectivity index (χ1) is 14.5. The van der Waals surface area contributed by atoms with Crippen LogP contribution in [0.15, 0.2) is 16.6 Å². The molecule has 170 valence electrons. The van der Waals surface area contributed by atoms with Crippen molar-refractivity contribution in [2.24, 2.45) is 22.4 Å². The normalized spacial score (nSPS) is 15.3. The third-order valence-electron chi connectivity index (χ3n) is 4.35. The average molecular weight is 438 g/mol. The van der Waals surface area contributed by atoms with Crippen LogP contribution in [0.4, 0.5) is 5.69 Å². The van der Waals surface area contributed by atoms with Gasteiger partial charge in [0.2, 0.25) is 0 Å². The number of nitrogens with zero attached hydrogens (tertiary/aromatic N) is 2. The van der Waals surface area contributed by atoms with Gasteiger partial charge in [-0.2, -0.15) is 0 Å². The number of carbonyl (C=O) groups is 1. The number of nitrogens with one attached hydrogen (secondary N) is 1. The molecule has 0 atom stereocenters. The van der Waals surface area contributed by atoms with Crippen LogP contribution in [0.2, 0.25) is 0 Å². The molecule has 1 amide bonds. The highest BCUT2D eigenvalue weighted by molar-refractivity contribution is 7.13. The minimum absolute atomic E-state index is 0.0529. The molecule has 0 unspecified atom stereocenters. The van der Waals surface area contributed by atoms with E-state index in [-0.39, 0.29) is 12.0 Å². The van der Waals surface area contributed by atoms with E-state index < -0.39 is 0 Å². The van der Waals surface area contributed by atoms with E-state index in [4.69, 9.17) is 10.6 Å². The first-order valence-corrected chi connectivity index (χ1v) is 11.7. The van der Waals surface area contributed by atoms with Crippen molar-refractivity contribution in [1.82, 2.24) is 10.4 Å². The zero-order valence-corrected chi connectivity index (χ0v) is 20.1. The summed E-state index contributed by atoms with van der Waals surface area (Å²) in [6.45, 7) is 12.6. The molecule has 0 aromatic carbocycles. The van der Waals surface area contributed by atoms with Crippen LogP contribution < -0.4 is 16.8 Å². The Morgan fingerprint density at radius 2 is 2.03 bits per heavy atom. The molecule has 2 aliphatic rings. The minimum Gasteiger partial charge on any atom is -0.387 e. The molecule has 3 heterocycles. The number of carbonyl (C=O) groups excluding carboxylic acids is 1. The number of fused-ring (bicyclic) bond motifs is 1. The van der Waals surface area contributed by atoms with Crippen molar-refractivity contribution >= 4 is 34.8 Å². The maximum atomic E-state index is 13.0. The van der Waals surface area contributed by atoms with Crippen LogP contribution in [0, 0.1) is 5.92 Å². The van der Waals surface area contributed by atoms with Crippen LogP contribution in [0.5, 0.6) is 0 Å². The minimum atomic E-state index is -0.121. The van der Waals surface area contributed by atoms with E-state index in [0.29, 0.717) is 30.3 Å². The van der Waals surface area contributed by atoms with Crippen LogP contribution in [0.3, 0.4) is 0 Å². The second kappa shape index (κ2) is 13.5. The van der Waals surface area contributed by atoms with Gasteiger partial charge in [0.1, 0.15) is 5.84 Å². The summed E-state index contributed by atoms with van der Waals surface area (Å²) in [5.41, 5.74) is 12.1. The van der Waals surface area contributed by atoms with Gasteiger partial charge in [0.15, 0.2) is 0 Å². The fourth-order valence-corrected chi connectivity index (χ4v) is 4.25. The number of amidine groups is 1. The van der Waals surface area contributed by atoms with E-state index in [1.165, 1.54) is 17.0 Å². The van der Waals surface area contributed by atoms with Crippen LogP contribution in [-0.4, -0.2) is 49.6 Å². The summed E-state index contributed by atoms with van der Waals surface area (Å²) in [5.74, 6) is 1.05. The molecule has 7 nitrogen and oxygen atoms in total. The molecule has 0 saturated carbocycles. The van der Waals surface area contributed by atoms with Gasteiger partial charge in [-0.3, -0.25) is 9.63 Å². The number of aliphatic imine (C=N–C) groups is 1. The lowest BCUT2D eigenvalue weighted by Gasteiger charge is -2.26. The molecule has 0 aliphatic carbocycles. The van der Waals surface area contributed by atoms with E-state index in [1.807, 2.05) is 40.7 Å².